The number of aliphatic carboxylic acids is 1. The van der Waals surface area contributed by atoms with E-state index in [1.807, 2.05) is 0 Å². The molecule has 1 unspecified atom stereocenters. The van der Waals surface area contributed by atoms with Gasteiger partial charge in [0.1, 0.15) is 0 Å². The highest BCUT2D eigenvalue weighted by Gasteiger charge is 2.42. The molecule has 19 heavy (non-hydrogen) atoms. The molecule has 0 saturated carbocycles. The number of carboxylic acids is 1. The van der Waals surface area contributed by atoms with Crippen molar-refractivity contribution in [1.82, 2.24) is 0 Å². The summed E-state index contributed by atoms with van der Waals surface area (Å²) in [5.74, 6) is -0.480. The Balaban J connectivity index is 2.26. The minimum Gasteiger partial charge on any atom is -0.481 e. The summed E-state index contributed by atoms with van der Waals surface area (Å²) in [6.07, 6.45) is 1.21. The molecular formula is C16H23NO2. The van der Waals surface area contributed by atoms with E-state index in [4.69, 9.17) is 5.11 Å². The quantitative estimate of drug-likeness (QED) is 0.906. The minimum atomic E-state index is -0.694. The van der Waals surface area contributed by atoms with Crippen LogP contribution in [0.25, 0.3) is 0 Å². The Morgan fingerprint density at radius 1 is 1.37 bits per heavy atom. The molecule has 104 valence electrons. The first-order chi connectivity index (χ1) is 8.82. The van der Waals surface area contributed by atoms with Crippen molar-refractivity contribution in [3.05, 3.63) is 29.3 Å². The number of carboxylic acid groups (broad SMARTS) is 1. The molecule has 1 heterocycles. The van der Waals surface area contributed by atoms with E-state index >= 15 is 0 Å². The molecule has 2 rings (SSSR count). The number of carbonyl (C=O) groups is 1. The van der Waals surface area contributed by atoms with Crippen LogP contribution in [0.5, 0.6) is 0 Å². The van der Waals surface area contributed by atoms with Crippen molar-refractivity contribution in [3.8, 4) is 0 Å². The zero-order chi connectivity index (χ0) is 14.2. The predicted molar refractivity (Wildman–Crippen MR) is 77.7 cm³/mol. The van der Waals surface area contributed by atoms with Crippen LogP contribution in [-0.2, 0) is 4.79 Å². The van der Waals surface area contributed by atoms with E-state index in [1.165, 1.54) is 16.8 Å². The molecule has 0 aliphatic carbocycles. The smallest absolute Gasteiger partial charge is 0.303 e. The van der Waals surface area contributed by atoms with Crippen LogP contribution >= 0.6 is 0 Å². The van der Waals surface area contributed by atoms with Gasteiger partial charge in [0.25, 0.3) is 0 Å². The molecule has 0 spiro atoms. The summed E-state index contributed by atoms with van der Waals surface area (Å²) in [5.41, 5.74) is 3.69. The van der Waals surface area contributed by atoms with Gasteiger partial charge in [0.2, 0.25) is 0 Å². The lowest BCUT2D eigenvalue weighted by Crippen LogP contribution is -2.43. The van der Waals surface area contributed by atoms with Gasteiger partial charge in [-0.3, -0.25) is 4.79 Å². The first-order valence-electron chi connectivity index (χ1n) is 6.89. The largest absolute Gasteiger partial charge is 0.481 e. The molecule has 1 aromatic carbocycles. The number of hydrogen-bond acceptors (Lipinski definition) is 2. The third-order valence-corrected chi connectivity index (χ3v) is 4.62. The standard InChI is InChI=1S/C16H23NO2/c1-11-5-6-14(9-12(11)2)17-8-7-13(10-15(18)19)16(17,3)4/h5-6,9,13H,7-8,10H2,1-4H3,(H,18,19). The summed E-state index contributed by atoms with van der Waals surface area (Å²) in [4.78, 5) is 13.3. The molecule has 3 heteroatoms. The SMILES string of the molecule is Cc1ccc(N2CCC(CC(=O)O)C2(C)C)cc1C. The monoisotopic (exact) mass is 261 g/mol. The normalized spacial score (nSPS) is 21.7. The van der Waals surface area contributed by atoms with Gasteiger partial charge in [-0.15, -0.1) is 0 Å². The molecule has 0 aromatic heterocycles. The molecule has 0 radical (unpaired) electrons. The van der Waals surface area contributed by atoms with Crippen LogP contribution in [0.4, 0.5) is 5.69 Å². The van der Waals surface area contributed by atoms with Crippen molar-refractivity contribution in [2.24, 2.45) is 5.92 Å². The minimum absolute atomic E-state index is 0.0971. The fraction of sp³-hybridized carbons (Fsp3) is 0.562. The zero-order valence-corrected chi connectivity index (χ0v) is 12.2. The summed E-state index contributed by atoms with van der Waals surface area (Å²) in [5, 5.41) is 9.02. The maximum atomic E-state index is 11.0. The van der Waals surface area contributed by atoms with Gasteiger partial charge in [0.05, 0.1) is 6.42 Å². The summed E-state index contributed by atoms with van der Waals surface area (Å²) in [6, 6.07) is 6.50. The van der Waals surface area contributed by atoms with Crippen LogP contribution in [0, 0.1) is 19.8 Å². The molecule has 1 saturated heterocycles. The van der Waals surface area contributed by atoms with Crippen molar-refractivity contribution in [2.45, 2.75) is 46.1 Å². The fourth-order valence-corrected chi connectivity index (χ4v) is 3.06. The van der Waals surface area contributed by atoms with E-state index in [0.717, 1.165) is 13.0 Å². The number of aryl methyl sites for hydroxylation is 2. The number of hydrogen-bond donors (Lipinski definition) is 1. The molecule has 1 aromatic rings. The van der Waals surface area contributed by atoms with E-state index in [-0.39, 0.29) is 17.9 Å². The van der Waals surface area contributed by atoms with Gasteiger partial charge in [0, 0.05) is 17.8 Å². The molecule has 0 bridgehead atoms. The van der Waals surface area contributed by atoms with Gasteiger partial charge in [-0.2, -0.15) is 0 Å². The van der Waals surface area contributed by atoms with E-state index in [9.17, 15) is 4.79 Å². The van der Waals surface area contributed by atoms with E-state index in [2.05, 4.69) is 50.8 Å². The Labute approximate surface area is 115 Å². The molecule has 1 N–H and O–H groups in total. The van der Waals surface area contributed by atoms with Gasteiger partial charge in [-0.1, -0.05) is 6.07 Å². The molecule has 0 amide bonds. The third kappa shape index (κ3) is 2.60. The fourth-order valence-electron chi connectivity index (χ4n) is 3.06. The number of nitrogens with zero attached hydrogens (tertiary/aromatic N) is 1. The van der Waals surface area contributed by atoms with Crippen molar-refractivity contribution in [3.63, 3.8) is 0 Å². The molecular weight excluding hydrogens is 238 g/mol. The van der Waals surface area contributed by atoms with Gasteiger partial charge in [0.15, 0.2) is 0 Å². The van der Waals surface area contributed by atoms with Crippen LogP contribution in [0.1, 0.15) is 37.8 Å². The zero-order valence-electron chi connectivity index (χ0n) is 12.2. The van der Waals surface area contributed by atoms with Gasteiger partial charge in [-0.25, -0.2) is 0 Å². The maximum absolute atomic E-state index is 11.0. The first kappa shape index (κ1) is 13.9. The van der Waals surface area contributed by atoms with Crippen molar-refractivity contribution < 1.29 is 9.90 Å². The van der Waals surface area contributed by atoms with Crippen LogP contribution in [-0.4, -0.2) is 23.2 Å². The highest BCUT2D eigenvalue weighted by atomic mass is 16.4. The summed E-state index contributed by atoms with van der Waals surface area (Å²) >= 11 is 0. The number of benzene rings is 1. The average molecular weight is 261 g/mol. The summed E-state index contributed by atoms with van der Waals surface area (Å²) in [6.45, 7) is 9.48. The Hall–Kier alpha value is -1.51. The molecule has 1 atom stereocenters. The van der Waals surface area contributed by atoms with Crippen LogP contribution in [0.2, 0.25) is 0 Å². The molecule has 3 nitrogen and oxygen atoms in total. The van der Waals surface area contributed by atoms with Crippen LogP contribution in [0.15, 0.2) is 18.2 Å². The van der Waals surface area contributed by atoms with Gasteiger partial charge >= 0.3 is 5.97 Å². The Morgan fingerprint density at radius 2 is 2.05 bits per heavy atom. The van der Waals surface area contributed by atoms with E-state index in [0.29, 0.717) is 0 Å². The second-order valence-electron chi connectivity index (χ2n) is 6.16. The summed E-state index contributed by atoms with van der Waals surface area (Å²) < 4.78 is 0. The average Bonchev–Trinajstić information content (AvgIpc) is 2.58. The molecule has 1 aliphatic heterocycles. The van der Waals surface area contributed by atoms with E-state index in [1.54, 1.807) is 0 Å². The van der Waals surface area contributed by atoms with Crippen LogP contribution < -0.4 is 4.90 Å². The Morgan fingerprint density at radius 3 is 2.63 bits per heavy atom. The van der Waals surface area contributed by atoms with Gasteiger partial charge in [-0.05, 0) is 63.3 Å². The highest BCUT2D eigenvalue weighted by Crippen LogP contribution is 2.40. The van der Waals surface area contributed by atoms with Crippen LogP contribution in [0.3, 0.4) is 0 Å². The molecule has 1 aliphatic rings. The first-order valence-corrected chi connectivity index (χ1v) is 6.89. The highest BCUT2D eigenvalue weighted by molar-refractivity contribution is 5.68. The van der Waals surface area contributed by atoms with Crippen molar-refractivity contribution in [1.29, 1.82) is 0 Å². The van der Waals surface area contributed by atoms with Crippen molar-refractivity contribution in [2.75, 3.05) is 11.4 Å². The number of anilines is 1. The number of rotatable bonds is 3. The predicted octanol–water partition coefficient (Wildman–Crippen LogP) is 3.38. The topological polar surface area (TPSA) is 40.5 Å². The molecule has 1 fully saturated rings. The second-order valence-corrected chi connectivity index (χ2v) is 6.16. The van der Waals surface area contributed by atoms with Crippen molar-refractivity contribution >= 4 is 11.7 Å². The summed E-state index contributed by atoms with van der Waals surface area (Å²) in [7, 11) is 0. The lowest BCUT2D eigenvalue weighted by atomic mass is 9.85. The van der Waals surface area contributed by atoms with E-state index < -0.39 is 5.97 Å². The lowest BCUT2D eigenvalue weighted by molar-refractivity contribution is -0.138. The Bertz CT molecular complexity index is 494. The third-order valence-electron chi connectivity index (χ3n) is 4.62. The maximum Gasteiger partial charge on any atom is 0.303 e. The lowest BCUT2D eigenvalue weighted by Gasteiger charge is -2.37. The Kier molecular flexibility index (Phi) is 3.57. The van der Waals surface area contributed by atoms with Gasteiger partial charge < -0.3 is 10.0 Å². The second kappa shape index (κ2) is 4.87.